The summed E-state index contributed by atoms with van der Waals surface area (Å²) in [5.41, 5.74) is 2.71. The molecule has 5 rings (SSSR count). The number of hydrogen-bond donors (Lipinski definition) is 2. The molecule has 35 heavy (non-hydrogen) atoms. The van der Waals surface area contributed by atoms with Gasteiger partial charge in [-0.3, -0.25) is 9.59 Å². The smallest absolute Gasteiger partial charge is 0.311 e. The number of anilines is 1. The molecule has 1 atom stereocenters. The number of nitrogens with one attached hydrogen (secondary N) is 1. The van der Waals surface area contributed by atoms with E-state index >= 15 is 0 Å². The van der Waals surface area contributed by atoms with E-state index in [4.69, 9.17) is 9.47 Å². The number of aryl methyl sites for hydroxylation is 1. The van der Waals surface area contributed by atoms with E-state index in [1.165, 1.54) is 17.6 Å². The van der Waals surface area contributed by atoms with Gasteiger partial charge < -0.3 is 19.9 Å². The molecule has 9 heteroatoms. The lowest BCUT2D eigenvalue weighted by Gasteiger charge is -2.24. The number of carboxylic acid groups (broad SMARTS) is 1. The maximum absolute atomic E-state index is 12.7. The summed E-state index contributed by atoms with van der Waals surface area (Å²) in [6.07, 6.45) is 0.342. The average Bonchev–Trinajstić information content (AvgIpc) is 3.23. The number of carbonyl (C=O) groups is 2. The van der Waals surface area contributed by atoms with Crippen molar-refractivity contribution in [3.05, 3.63) is 77.0 Å². The van der Waals surface area contributed by atoms with E-state index in [1.807, 2.05) is 25.1 Å². The summed E-state index contributed by atoms with van der Waals surface area (Å²) in [6, 6.07) is 17.3. The lowest BCUT2D eigenvalue weighted by molar-refractivity contribution is -0.139. The van der Waals surface area contributed by atoms with Crippen molar-refractivity contribution in [3.8, 4) is 23.3 Å². The zero-order valence-electron chi connectivity index (χ0n) is 18.6. The van der Waals surface area contributed by atoms with E-state index in [2.05, 4.69) is 15.8 Å². The Bertz CT molecular complexity index is 1500. The Morgan fingerprint density at radius 2 is 2.00 bits per heavy atom. The zero-order valence-corrected chi connectivity index (χ0v) is 19.4. The van der Waals surface area contributed by atoms with Crippen LogP contribution in [0.2, 0.25) is 0 Å². The Hall–Kier alpha value is -4.42. The van der Waals surface area contributed by atoms with Gasteiger partial charge in [-0.05, 0) is 73.4 Å². The third kappa shape index (κ3) is 4.39. The highest BCUT2D eigenvalue weighted by atomic mass is 32.1. The molecule has 1 aliphatic heterocycles. The molecular formula is C26H19N3O5S. The second-order valence-electron chi connectivity index (χ2n) is 8.09. The van der Waals surface area contributed by atoms with Crippen LogP contribution in [0.4, 0.5) is 5.69 Å². The van der Waals surface area contributed by atoms with Crippen LogP contribution in [0.25, 0.3) is 10.1 Å². The van der Waals surface area contributed by atoms with Crippen LogP contribution in [0, 0.1) is 18.3 Å². The first kappa shape index (κ1) is 22.4. The van der Waals surface area contributed by atoms with Crippen LogP contribution in [-0.2, 0) is 4.79 Å². The molecule has 0 aliphatic carbocycles. The number of carbonyl (C=O) groups excluding carboxylic acids is 1. The predicted octanol–water partition coefficient (Wildman–Crippen LogP) is 5.47. The van der Waals surface area contributed by atoms with E-state index in [-0.39, 0.29) is 23.8 Å². The van der Waals surface area contributed by atoms with Crippen LogP contribution in [0.1, 0.15) is 39.5 Å². The molecule has 0 saturated carbocycles. The minimum absolute atomic E-state index is 0.205. The van der Waals surface area contributed by atoms with Crippen LogP contribution in [0.5, 0.6) is 17.2 Å². The van der Waals surface area contributed by atoms with Crippen molar-refractivity contribution >= 4 is 39.2 Å². The first-order valence-electron chi connectivity index (χ1n) is 10.8. The molecule has 1 aliphatic rings. The van der Waals surface area contributed by atoms with Gasteiger partial charge in [-0.1, -0.05) is 0 Å². The van der Waals surface area contributed by atoms with Gasteiger partial charge in [-0.15, -0.1) is 0 Å². The number of aromatic nitrogens is 1. The van der Waals surface area contributed by atoms with Gasteiger partial charge in [0.15, 0.2) is 0 Å². The van der Waals surface area contributed by atoms with Crippen LogP contribution in [0.15, 0.2) is 54.6 Å². The van der Waals surface area contributed by atoms with Crippen LogP contribution >= 0.6 is 11.5 Å². The largest absolute Gasteiger partial charge is 0.493 e. The minimum Gasteiger partial charge on any atom is -0.493 e. The average molecular weight is 486 g/mol. The Kier molecular flexibility index (Phi) is 5.81. The van der Waals surface area contributed by atoms with Gasteiger partial charge in [-0.25, -0.2) is 0 Å². The van der Waals surface area contributed by atoms with E-state index in [0.717, 1.165) is 15.8 Å². The molecule has 0 saturated heterocycles. The van der Waals surface area contributed by atoms with Crippen molar-refractivity contribution in [1.82, 2.24) is 4.37 Å². The summed E-state index contributed by atoms with van der Waals surface area (Å²) in [4.78, 5) is 24.3. The monoisotopic (exact) mass is 485 g/mol. The van der Waals surface area contributed by atoms with E-state index < -0.39 is 11.9 Å². The SMILES string of the molecule is Cc1nsc2ccc(NC(=O)c3ccc(Oc4cc5c(cc4C#N)C(C(=O)O)CCO5)cc3)cc12. The van der Waals surface area contributed by atoms with E-state index in [0.29, 0.717) is 34.7 Å². The number of fused-ring (bicyclic) bond motifs is 2. The molecule has 3 aromatic carbocycles. The van der Waals surface area contributed by atoms with Gasteiger partial charge in [-0.2, -0.15) is 9.64 Å². The highest BCUT2D eigenvalue weighted by molar-refractivity contribution is 7.13. The molecule has 2 N–H and O–H groups in total. The molecule has 1 aromatic heterocycles. The predicted molar refractivity (Wildman–Crippen MR) is 130 cm³/mol. The zero-order chi connectivity index (χ0) is 24.5. The van der Waals surface area contributed by atoms with Gasteiger partial charge in [0.05, 0.1) is 28.5 Å². The standard InChI is InChI=1S/C26H19N3O5S/c1-14-20-11-17(4-7-24(20)35-29-14)28-25(30)15-2-5-18(6-3-15)34-22-12-23-21(10-16(22)13-27)19(26(31)32)8-9-33-23/h2-7,10-12,19H,8-9H2,1H3,(H,28,30)(H,31,32). The van der Waals surface area contributed by atoms with Gasteiger partial charge in [0.1, 0.15) is 23.3 Å². The Labute approximate surface area is 204 Å². The summed E-state index contributed by atoms with van der Waals surface area (Å²) >= 11 is 1.42. The molecule has 0 radical (unpaired) electrons. The highest BCUT2D eigenvalue weighted by Gasteiger charge is 2.29. The van der Waals surface area contributed by atoms with Crippen molar-refractivity contribution < 1.29 is 24.2 Å². The number of benzene rings is 3. The summed E-state index contributed by atoms with van der Waals surface area (Å²) < 4.78 is 16.9. The Morgan fingerprint density at radius 1 is 1.20 bits per heavy atom. The summed E-state index contributed by atoms with van der Waals surface area (Å²) in [6.45, 7) is 2.20. The van der Waals surface area contributed by atoms with Crippen LogP contribution in [0.3, 0.4) is 0 Å². The normalized spacial score (nSPS) is 14.5. The van der Waals surface area contributed by atoms with Gasteiger partial charge in [0.25, 0.3) is 5.91 Å². The van der Waals surface area contributed by atoms with Gasteiger partial charge in [0, 0.05) is 28.3 Å². The Balaban J connectivity index is 1.33. The molecule has 174 valence electrons. The van der Waals surface area contributed by atoms with Crippen molar-refractivity contribution in [2.45, 2.75) is 19.3 Å². The number of amides is 1. The van der Waals surface area contributed by atoms with E-state index in [1.54, 1.807) is 30.3 Å². The fourth-order valence-corrected chi connectivity index (χ4v) is 4.75. The number of nitrogens with zero attached hydrogens (tertiary/aromatic N) is 2. The second-order valence-corrected chi connectivity index (χ2v) is 8.89. The molecule has 8 nitrogen and oxygen atoms in total. The van der Waals surface area contributed by atoms with Crippen molar-refractivity contribution in [2.24, 2.45) is 0 Å². The number of rotatable bonds is 5. The molecular weight excluding hydrogens is 466 g/mol. The van der Waals surface area contributed by atoms with Crippen molar-refractivity contribution in [3.63, 3.8) is 0 Å². The van der Waals surface area contributed by atoms with E-state index in [9.17, 15) is 20.0 Å². The number of nitriles is 1. The third-order valence-corrected chi connectivity index (χ3v) is 6.74. The number of hydrogen-bond acceptors (Lipinski definition) is 7. The highest BCUT2D eigenvalue weighted by Crippen LogP contribution is 2.39. The Morgan fingerprint density at radius 3 is 2.74 bits per heavy atom. The first-order valence-corrected chi connectivity index (χ1v) is 11.6. The number of aliphatic carboxylic acids is 1. The van der Waals surface area contributed by atoms with Crippen LogP contribution < -0.4 is 14.8 Å². The summed E-state index contributed by atoms with van der Waals surface area (Å²) in [5.74, 6) is -0.883. The lowest BCUT2D eigenvalue weighted by atomic mass is 9.91. The molecule has 1 amide bonds. The topological polar surface area (TPSA) is 122 Å². The molecule has 0 spiro atoms. The first-order chi connectivity index (χ1) is 16.9. The molecule has 0 fully saturated rings. The summed E-state index contributed by atoms with van der Waals surface area (Å²) in [7, 11) is 0. The van der Waals surface area contributed by atoms with Gasteiger partial charge in [0.2, 0.25) is 0 Å². The molecule has 2 heterocycles. The lowest BCUT2D eigenvalue weighted by Crippen LogP contribution is -2.21. The number of ether oxygens (including phenoxy) is 2. The fourth-order valence-electron chi connectivity index (χ4n) is 3.99. The summed E-state index contributed by atoms with van der Waals surface area (Å²) in [5, 5.41) is 22.9. The van der Waals surface area contributed by atoms with Crippen molar-refractivity contribution in [1.29, 1.82) is 5.26 Å². The van der Waals surface area contributed by atoms with Gasteiger partial charge >= 0.3 is 5.97 Å². The quantitative estimate of drug-likeness (QED) is 0.384. The maximum atomic E-state index is 12.7. The third-order valence-electron chi connectivity index (χ3n) is 5.82. The molecule has 0 bridgehead atoms. The second kappa shape index (κ2) is 9.08. The minimum atomic E-state index is -0.956. The number of carboxylic acids is 1. The van der Waals surface area contributed by atoms with Crippen molar-refractivity contribution in [2.75, 3.05) is 11.9 Å². The molecule has 4 aromatic rings. The maximum Gasteiger partial charge on any atom is 0.311 e. The van der Waals surface area contributed by atoms with Crippen LogP contribution in [-0.4, -0.2) is 28.0 Å². The molecule has 1 unspecified atom stereocenters. The fraction of sp³-hybridized carbons (Fsp3) is 0.154.